The van der Waals surface area contributed by atoms with Crippen molar-refractivity contribution in [2.45, 2.75) is 0 Å². The Labute approximate surface area is 88.2 Å². The Hall–Kier alpha value is -0.850. The zero-order chi connectivity index (χ0) is 10.0. The van der Waals surface area contributed by atoms with Crippen LogP contribution in [0, 0.1) is 9.39 Å². The number of carbonyl (C=O) groups is 1. The molecule has 0 radical (unpaired) electrons. The van der Waals surface area contributed by atoms with Gasteiger partial charge in [0.25, 0.3) is 0 Å². The van der Waals surface area contributed by atoms with E-state index in [0.29, 0.717) is 9.26 Å². The number of esters is 1. The monoisotopic (exact) mass is 295 g/mol. The van der Waals surface area contributed by atoms with Crippen LogP contribution in [0.1, 0.15) is 10.4 Å². The lowest BCUT2D eigenvalue weighted by Gasteiger charge is -2.03. The first-order chi connectivity index (χ1) is 6.06. The third-order valence-electron chi connectivity index (χ3n) is 1.46. The molecule has 0 aromatic heterocycles. The maximum absolute atomic E-state index is 13.3. The number of ether oxygens (including phenoxy) is 1. The van der Waals surface area contributed by atoms with Crippen molar-refractivity contribution in [2.24, 2.45) is 0 Å². The fraction of sp³-hybridized carbons (Fsp3) is 0.125. The highest BCUT2D eigenvalue weighted by Crippen LogP contribution is 2.19. The minimum absolute atomic E-state index is 0.132. The molecule has 0 bridgehead atoms. The van der Waals surface area contributed by atoms with E-state index in [4.69, 9.17) is 5.73 Å². The van der Waals surface area contributed by atoms with Gasteiger partial charge in [-0.3, -0.25) is 0 Å². The molecule has 3 nitrogen and oxygen atoms in total. The zero-order valence-corrected chi connectivity index (χ0v) is 8.96. The lowest BCUT2D eigenvalue weighted by molar-refractivity contribution is 0.0595. The molecular weight excluding hydrogens is 288 g/mol. The second-order valence-corrected chi connectivity index (χ2v) is 3.52. The fourth-order valence-corrected chi connectivity index (χ4v) is 1.52. The standard InChI is InChI=1S/C8H7FINO2/c1-13-8(12)5-2-4(11)3-6(10)7(5)9/h2-3H,11H2,1H3. The molecule has 0 heterocycles. The predicted octanol–water partition coefficient (Wildman–Crippen LogP) is 1.80. The first kappa shape index (κ1) is 10.2. The van der Waals surface area contributed by atoms with Crippen LogP contribution < -0.4 is 5.73 Å². The summed E-state index contributed by atoms with van der Waals surface area (Å²) < 4.78 is 17.9. The average molecular weight is 295 g/mol. The van der Waals surface area contributed by atoms with E-state index < -0.39 is 11.8 Å². The van der Waals surface area contributed by atoms with Crippen molar-refractivity contribution in [3.8, 4) is 0 Å². The van der Waals surface area contributed by atoms with Crippen molar-refractivity contribution >= 4 is 34.2 Å². The lowest BCUT2D eigenvalue weighted by atomic mass is 10.2. The summed E-state index contributed by atoms with van der Waals surface area (Å²) in [4.78, 5) is 11.0. The molecule has 0 unspecified atom stereocenters. The molecule has 0 saturated carbocycles. The van der Waals surface area contributed by atoms with Crippen LogP contribution in [0.4, 0.5) is 10.1 Å². The summed E-state index contributed by atoms with van der Waals surface area (Å²) in [6.07, 6.45) is 0. The predicted molar refractivity (Wildman–Crippen MR) is 54.9 cm³/mol. The molecule has 1 aromatic rings. The molecule has 70 valence electrons. The summed E-state index contributed by atoms with van der Waals surface area (Å²) in [5.41, 5.74) is 5.65. The molecule has 0 atom stereocenters. The molecule has 0 fully saturated rings. The van der Waals surface area contributed by atoms with Gasteiger partial charge in [-0.2, -0.15) is 0 Å². The number of methoxy groups -OCH3 is 1. The number of hydrogen-bond donors (Lipinski definition) is 1. The van der Waals surface area contributed by atoms with E-state index in [9.17, 15) is 9.18 Å². The Bertz CT molecular complexity index is 354. The number of halogens is 2. The molecule has 0 amide bonds. The topological polar surface area (TPSA) is 52.3 Å². The molecule has 1 aromatic carbocycles. The van der Waals surface area contributed by atoms with Crippen LogP contribution in [-0.2, 0) is 4.74 Å². The van der Waals surface area contributed by atoms with Crippen molar-refractivity contribution in [3.63, 3.8) is 0 Å². The van der Waals surface area contributed by atoms with E-state index in [2.05, 4.69) is 4.74 Å². The van der Waals surface area contributed by atoms with Crippen LogP contribution in [0.3, 0.4) is 0 Å². The third-order valence-corrected chi connectivity index (χ3v) is 2.24. The Morgan fingerprint density at radius 2 is 2.23 bits per heavy atom. The van der Waals surface area contributed by atoms with Gasteiger partial charge < -0.3 is 10.5 Å². The number of nitrogens with two attached hydrogens (primary N) is 1. The zero-order valence-electron chi connectivity index (χ0n) is 6.80. The highest BCUT2D eigenvalue weighted by atomic mass is 127. The molecule has 0 spiro atoms. The molecule has 2 N–H and O–H groups in total. The number of nitrogen functional groups attached to an aromatic ring is 1. The smallest absolute Gasteiger partial charge is 0.340 e. The van der Waals surface area contributed by atoms with Gasteiger partial charge in [0.2, 0.25) is 0 Å². The largest absolute Gasteiger partial charge is 0.465 e. The molecule has 5 heteroatoms. The van der Waals surface area contributed by atoms with Crippen molar-refractivity contribution in [1.29, 1.82) is 0 Å². The van der Waals surface area contributed by atoms with E-state index in [0.717, 1.165) is 0 Å². The lowest BCUT2D eigenvalue weighted by Crippen LogP contribution is -2.06. The van der Waals surface area contributed by atoms with Crippen molar-refractivity contribution in [1.82, 2.24) is 0 Å². The van der Waals surface area contributed by atoms with E-state index >= 15 is 0 Å². The van der Waals surface area contributed by atoms with E-state index in [-0.39, 0.29) is 5.56 Å². The summed E-state index contributed by atoms with van der Waals surface area (Å²) >= 11 is 1.76. The summed E-state index contributed by atoms with van der Waals surface area (Å²) in [6.45, 7) is 0. The SMILES string of the molecule is COC(=O)c1cc(N)cc(I)c1F. The first-order valence-corrected chi connectivity index (χ1v) is 4.47. The normalized spacial score (nSPS) is 9.77. The summed E-state index contributed by atoms with van der Waals surface area (Å²) in [5, 5.41) is 0. The van der Waals surface area contributed by atoms with Crippen LogP contribution in [0.5, 0.6) is 0 Å². The highest BCUT2D eigenvalue weighted by Gasteiger charge is 2.15. The van der Waals surface area contributed by atoms with Crippen LogP contribution in [-0.4, -0.2) is 13.1 Å². The Morgan fingerprint density at radius 3 is 2.77 bits per heavy atom. The molecule has 0 saturated heterocycles. The van der Waals surface area contributed by atoms with Crippen molar-refractivity contribution < 1.29 is 13.9 Å². The maximum Gasteiger partial charge on any atom is 0.340 e. The second kappa shape index (κ2) is 3.91. The number of benzene rings is 1. The second-order valence-electron chi connectivity index (χ2n) is 2.36. The number of anilines is 1. The van der Waals surface area contributed by atoms with Crippen LogP contribution in [0.2, 0.25) is 0 Å². The van der Waals surface area contributed by atoms with Gasteiger partial charge in [-0.1, -0.05) is 0 Å². The number of carbonyl (C=O) groups excluding carboxylic acids is 1. The van der Waals surface area contributed by atoms with Gasteiger partial charge in [0.15, 0.2) is 5.82 Å². The molecule has 13 heavy (non-hydrogen) atoms. The molecule has 1 rings (SSSR count). The van der Waals surface area contributed by atoms with Gasteiger partial charge in [0.1, 0.15) is 0 Å². The minimum atomic E-state index is -0.720. The van der Waals surface area contributed by atoms with Gasteiger partial charge in [-0.05, 0) is 34.7 Å². The van der Waals surface area contributed by atoms with E-state index in [1.165, 1.54) is 19.2 Å². The molecular formula is C8H7FINO2. The van der Waals surface area contributed by atoms with E-state index in [1.807, 2.05) is 0 Å². The van der Waals surface area contributed by atoms with Gasteiger partial charge in [0, 0.05) is 5.69 Å². The third kappa shape index (κ3) is 2.09. The van der Waals surface area contributed by atoms with Crippen molar-refractivity contribution in [3.05, 3.63) is 27.1 Å². The summed E-state index contributed by atoms with van der Waals surface area (Å²) in [6, 6.07) is 2.70. The summed E-state index contributed by atoms with van der Waals surface area (Å²) in [5.74, 6) is -1.32. The van der Waals surface area contributed by atoms with Crippen LogP contribution in [0.25, 0.3) is 0 Å². The Kier molecular flexibility index (Phi) is 3.07. The fourth-order valence-electron chi connectivity index (χ4n) is 0.869. The van der Waals surface area contributed by atoms with Gasteiger partial charge in [-0.15, -0.1) is 0 Å². The molecule has 0 aliphatic rings. The van der Waals surface area contributed by atoms with Crippen LogP contribution >= 0.6 is 22.6 Å². The molecule has 0 aliphatic carbocycles. The van der Waals surface area contributed by atoms with Crippen LogP contribution in [0.15, 0.2) is 12.1 Å². The van der Waals surface area contributed by atoms with Crippen molar-refractivity contribution in [2.75, 3.05) is 12.8 Å². The van der Waals surface area contributed by atoms with E-state index in [1.54, 1.807) is 22.6 Å². The maximum atomic E-state index is 13.3. The minimum Gasteiger partial charge on any atom is -0.465 e. The highest BCUT2D eigenvalue weighted by molar-refractivity contribution is 14.1. The molecule has 0 aliphatic heterocycles. The summed E-state index contributed by atoms with van der Waals surface area (Å²) in [7, 11) is 1.19. The average Bonchev–Trinajstić information content (AvgIpc) is 2.10. The van der Waals surface area contributed by atoms with Gasteiger partial charge in [-0.25, -0.2) is 9.18 Å². The number of hydrogen-bond acceptors (Lipinski definition) is 3. The quantitative estimate of drug-likeness (QED) is 0.488. The van der Waals surface area contributed by atoms with Gasteiger partial charge >= 0.3 is 5.97 Å². The Balaban J connectivity index is 3.28. The van der Waals surface area contributed by atoms with Gasteiger partial charge in [0.05, 0.1) is 16.2 Å². The Morgan fingerprint density at radius 1 is 1.62 bits per heavy atom. The number of rotatable bonds is 1. The first-order valence-electron chi connectivity index (χ1n) is 3.39.